The van der Waals surface area contributed by atoms with E-state index < -0.39 is 0 Å². The molecule has 1 aromatic heterocycles. The second-order valence-electron chi connectivity index (χ2n) is 5.43. The number of benzene rings is 2. The topological polar surface area (TPSA) is 42.7 Å². The van der Waals surface area contributed by atoms with Gasteiger partial charge in [-0.15, -0.1) is 5.10 Å². The van der Waals surface area contributed by atoms with E-state index in [4.69, 9.17) is 0 Å². The fourth-order valence-electron chi connectivity index (χ4n) is 2.75. The van der Waals surface area contributed by atoms with E-state index in [1.165, 1.54) is 23.9 Å². The molecule has 6 heteroatoms. The summed E-state index contributed by atoms with van der Waals surface area (Å²) in [4.78, 5) is 4.53. The molecule has 120 valence electrons. The van der Waals surface area contributed by atoms with E-state index in [0.717, 1.165) is 16.8 Å². The first-order valence-corrected chi connectivity index (χ1v) is 8.77. The van der Waals surface area contributed by atoms with Gasteiger partial charge < -0.3 is 5.32 Å². The number of allylic oxidation sites excluding steroid dienone is 1. The van der Waals surface area contributed by atoms with Gasteiger partial charge in [0.15, 0.2) is 0 Å². The molecule has 0 saturated carbocycles. The minimum atomic E-state index is -0.248. The van der Waals surface area contributed by atoms with Crippen LogP contribution >= 0.6 is 11.8 Å². The molecule has 1 unspecified atom stereocenters. The van der Waals surface area contributed by atoms with Gasteiger partial charge in [0.2, 0.25) is 11.1 Å². The van der Waals surface area contributed by atoms with Crippen LogP contribution in [0, 0.1) is 5.82 Å². The first-order chi connectivity index (χ1) is 11.7. The number of aromatic nitrogens is 3. The number of hydrogen-bond acceptors (Lipinski definition) is 4. The van der Waals surface area contributed by atoms with Crippen molar-refractivity contribution >= 4 is 23.4 Å². The number of fused-ring (bicyclic) bond motifs is 1. The van der Waals surface area contributed by atoms with Gasteiger partial charge in [0.05, 0.1) is 0 Å². The lowest BCUT2D eigenvalue weighted by atomic mass is 10.0. The fourth-order valence-corrected chi connectivity index (χ4v) is 3.09. The van der Waals surface area contributed by atoms with Gasteiger partial charge in [-0.2, -0.15) is 4.98 Å². The summed E-state index contributed by atoms with van der Waals surface area (Å²) >= 11 is 1.50. The van der Waals surface area contributed by atoms with Crippen LogP contribution in [-0.4, -0.2) is 21.0 Å². The Labute approximate surface area is 143 Å². The van der Waals surface area contributed by atoms with Gasteiger partial charge in [0, 0.05) is 5.70 Å². The molecule has 24 heavy (non-hydrogen) atoms. The van der Waals surface area contributed by atoms with E-state index in [1.54, 1.807) is 12.1 Å². The molecule has 0 radical (unpaired) electrons. The fraction of sp³-hybridized carbons (Fsp3) is 0.111. The maximum absolute atomic E-state index is 13.2. The third kappa shape index (κ3) is 2.69. The number of halogens is 1. The van der Waals surface area contributed by atoms with Crippen molar-refractivity contribution < 1.29 is 4.39 Å². The third-order valence-electron chi connectivity index (χ3n) is 3.93. The minimum absolute atomic E-state index is 0.0593. The summed E-state index contributed by atoms with van der Waals surface area (Å²) in [7, 11) is 0. The molecule has 1 atom stereocenters. The normalized spacial score (nSPS) is 16.2. The van der Waals surface area contributed by atoms with Crippen LogP contribution in [0.5, 0.6) is 0 Å². The summed E-state index contributed by atoms with van der Waals surface area (Å²) in [6.45, 7) is 0. The summed E-state index contributed by atoms with van der Waals surface area (Å²) in [6.07, 6.45) is 4.04. The smallest absolute Gasteiger partial charge is 0.227 e. The van der Waals surface area contributed by atoms with Crippen LogP contribution in [0.15, 0.2) is 65.8 Å². The Morgan fingerprint density at radius 1 is 1.08 bits per heavy atom. The van der Waals surface area contributed by atoms with Gasteiger partial charge in [0.25, 0.3) is 0 Å². The molecule has 1 aliphatic heterocycles. The Kier molecular flexibility index (Phi) is 3.82. The molecule has 4 rings (SSSR count). The molecule has 0 aliphatic carbocycles. The van der Waals surface area contributed by atoms with Crippen molar-refractivity contribution in [2.45, 2.75) is 11.2 Å². The van der Waals surface area contributed by atoms with Crippen molar-refractivity contribution in [2.24, 2.45) is 0 Å². The monoisotopic (exact) mass is 338 g/mol. The van der Waals surface area contributed by atoms with Crippen molar-refractivity contribution in [2.75, 3.05) is 11.6 Å². The van der Waals surface area contributed by atoms with Gasteiger partial charge in [-0.05, 0) is 47.7 Å². The molecule has 0 amide bonds. The molecule has 4 nitrogen and oxygen atoms in total. The number of hydrogen-bond donors (Lipinski definition) is 1. The molecule has 0 bridgehead atoms. The van der Waals surface area contributed by atoms with E-state index in [2.05, 4.69) is 33.6 Å². The molecule has 1 N–H and O–H groups in total. The van der Waals surface area contributed by atoms with Crippen molar-refractivity contribution in [3.63, 3.8) is 0 Å². The van der Waals surface area contributed by atoms with Crippen LogP contribution in [0.3, 0.4) is 0 Å². The van der Waals surface area contributed by atoms with Crippen molar-refractivity contribution in [1.29, 1.82) is 0 Å². The van der Waals surface area contributed by atoms with E-state index in [1.807, 2.05) is 29.1 Å². The zero-order valence-electron chi connectivity index (χ0n) is 13.0. The Bertz CT molecular complexity index is 887. The molecule has 2 aromatic carbocycles. The Hall–Kier alpha value is -2.60. The van der Waals surface area contributed by atoms with Gasteiger partial charge in [0.1, 0.15) is 11.9 Å². The van der Waals surface area contributed by atoms with Gasteiger partial charge >= 0.3 is 0 Å². The number of anilines is 1. The summed E-state index contributed by atoms with van der Waals surface area (Å²) in [5, 5.41) is 8.59. The largest absolute Gasteiger partial charge is 0.324 e. The molecular formula is C18H15FN4S. The standard InChI is InChI=1S/C18H15FN4S/c1-24-18-21-17-20-15(12-7-9-14(19)10-8-12)11-16(23(17)22-18)13-5-3-2-4-6-13/h2-11,16H,1H3,(H,20,21,22). The average molecular weight is 338 g/mol. The van der Waals surface area contributed by atoms with E-state index in [0.29, 0.717) is 11.1 Å². The maximum atomic E-state index is 13.2. The minimum Gasteiger partial charge on any atom is -0.324 e. The predicted octanol–water partition coefficient (Wildman–Crippen LogP) is 4.20. The van der Waals surface area contributed by atoms with Gasteiger partial charge in [-0.1, -0.05) is 42.1 Å². The highest BCUT2D eigenvalue weighted by molar-refractivity contribution is 7.98. The number of nitrogens with one attached hydrogen (secondary N) is 1. The molecular weight excluding hydrogens is 323 g/mol. The van der Waals surface area contributed by atoms with Crippen LogP contribution < -0.4 is 5.32 Å². The summed E-state index contributed by atoms with van der Waals surface area (Å²) in [5.41, 5.74) is 2.94. The van der Waals surface area contributed by atoms with E-state index in [-0.39, 0.29) is 11.9 Å². The molecule has 3 aromatic rings. The zero-order valence-corrected chi connectivity index (χ0v) is 13.8. The summed E-state index contributed by atoms with van der Waals surface area (Å²) in [5.74, 6) is 0.442. The quantitative estimate of drug-likeness (QED) is 0.727. The molecule has 2 heterocycles. The third-order valence-corrected chi connectivity index (χ3v) is 4.46. The Balaban J connectivity index is 1.82. The Morgan fingerprint density at radius 3 is 2.54 bits per heavy atom. The molecule has 0 fully saturated rings. The van der Waals surface area contributed by atoms with Crippen LogP contribution in [-0.2, 0) is 0 Å². The highest BCUT2D eigenvalue weighted by atomic mass is 32.2. The number of thioether (sulfide) groups is 1. The lowest BCUT2D eigenvalue weighted by molar-refractivity contribution is 0.598. The molecule has 0 spiro atoms. The second kappa shape index (κ2) is 6.13. The molecule has 0 saturated heterocycles. The second-order valence-corrected chi connectivity index (χ2v) is 6.21. The van der Waals surface area contributed by atoms with E-state index in [9.17, 15) is 4.39 Å². The average Bonchev–Trinajstić information content (AvgIpc) is 3.05. The predicted molar refractivity (Wildman–Crippen MR) is 94.4 cm³/mol. The van der Waals surface area contributed by atoms with Crippen LogP contribution in [0.1, 0.15) is 17.2 Å². The lowest BCUT2D eigenvalue weighted by Gasteiger charge is -2.24. The van der Waals surface area contributed by atoms with Gasteiger partial charge in [-0.25, -0.2) is 9.07 Å². The summed E-state index contributed by atoms with van der Waals surface area (Å²) < 4.78 is 15.1. The first-order valence-electron chi connectivity index (χ1n) is 7.55. The number of rotatable bonds is 3. The van der Waals surface area contributed by atoms with Crippen LogP contribution in [0.4, 0.5) is 10.3 Å². The van der Waals surface area contributed by atoms with E-state index >= 15 is 0 Å². The van der Waals surface area contributed by atoms with Crippen LogP contribution in [0.25, 0.3) is 5.70 Å². The highest BCUT2D eigenvalue weighted by Crippen LogP contribution is 2.33. The first kappa shape index (κ1) is 15.0. The molecule has 1 aliphatic rings. The SMILES string of the molecule is CSc1nc2n(n1)C(c1ccccc1)C=C(c1ccc(F)cc1)N2. The Morgan fingerprint density at radius 2 is 1.83 bits per heavy atom. The lowest BCUT2D eigenvalue weighted by Crippen LogP contribution is -2.20. The summed E-state index contributed by atoms with van der Waals surface area (Å²) in [6, 6.07) is 16.5. The number of nitrogens with zero attached hydrogens (tertiary/aromatic N) is 3. The zero-order chi connectivity index (χ0) is 16.5. The maximum Gasteiger partial charge on any atom is 0.227 e. The van der Waals surface area contributed by atoms with Crippen molar-refractivity contribution in [1.82, 2.24) is 14.8 Å². The van der Waals surface area contributed by atoms with Gasteiger partial charge in [-0.3, -0.25) is 0 Å². The van der Waals surface area contributed by atoms with Crippen molar-refractivity contribution in [3.05, 3.63) is 77.6 Å². The van der Waals surface area contributed by atoms with Crippen molar-refractivity contribution in [3.8, 4) is 0 Å². The highest BCUT2D eigenvalue weighted by Gasteiger charge is 2.24. The van der Waals surface area contributed by atoms with Crippen LogP contribution in [0.2, 0.25) is 0 Å².